The first-order valence-corrected chi connectivity index (χ1v) is 13.0. The lowest BCUT2D eigenvalue weighted by molar-refractivity contribution is -0.113. The van der Waals surface area contributed by atoms with Gasteiger partial charge < -0.3 is 10.1 Å². The van der Waals surface area contributed by atoms with Gasteiger partial charge in [0, 0.05) is 11.3 Å². The lowest BCUT2D eigenvalue weighted by Crippen LogP contribution is -2.24. The van der Waals surface area contributed by atoms with Gasteiger partial charge in [-0.25, -0.2) is 0 Å². The molecule has 0 unspecified atom stereocenters. The van der Waals surface area contributed by atoms with Gasteiger partial charge in [-0.2, -0.15) is 0 Å². The molecular formula is C24H25N7O3S2. The predicted octanol–water partition coefficient (Wildman–Crippen LogP) is 3.80. The fraction of sp³-hybridized carbons (Fsp3) is 0.250. The molecule has 4 rings (SSSR count). The van der Waals surface area contributed by atoms with Crippen LogP contribution < -0.4 is 15.4 Å². The van der Waals surface area contributed by atoms with E-state index < -0.39 is 0 Å². The smallest absolute Gasteiger partial charge is 0.251 e. The first kappa shape index (κ1) is 25.3. The zero-order valence-corrected chi connectivity index (χ0v) is 21.7. The largest absolute Gasteiger partial charge is 0.494 e. The molecule has 2 amide bonds. The Morgan fingerprint density at radius 2 is 1.86 bits per heavy atom. The number of anilines is 1. The second-order valence-electron chi connectivity index (χ2n) is 7.68. The van der Waals surface area contributed by atoms with Gasteiger partial charge in [0.15, 0.2) is 11.0 Å². The Labute approximate surface area is 216 Å². The molecule has 0 aliphatic rings. The molecule has 12 heteroatoms. The SMILES string of the molecule is CCOc1ccc(-n2c(CNC(=O)c3cccc(C)c3)nnc2SCC(=O)Nc2nnc(C)s2)cc1. The number of aryl methyl sites for hydroxylation is 2. The number of nitrogens with one attached hydrogen (secondary N) is 2. The van der Waals surface area contributed by atoms with Gasteiger partial charge in [-0.1, -0.05) is 40.8 Å². The lowest BCUT2D eigenvalue weighted by Gasteiger charge is -2.12. The average Bonchev–Trinajstić information content (AvgIpc) is 3.47. The molecule has 0 fully saturated rings. The fourth-order valence-corrected chi connectivity index (χ4v) is 4.68. The molecule has 2 aromatic heterocycles. The number of rotatable bonds is 10. The number of hydrogen-bond donors (Lipinski definition) is 2. The summed E-state index contributed by atoms with van der Waals surface area (Å²) in [5, 5.41) is 23.8. The van der Waals surface area contributed by atoms with Gasteiger partial charge in [-0.05, 0) is 57.2 Å². The molecule has 0 radical (unpaired) electrons. The number of nitrogens with zero attached hydrogens (tertiary/aromatic N) is 5. The van der Waals surface area contributed by atoms with Crippen LogP contribution in [0.2, 0.25) is 0 Å². The van der Waals surface area contributed by atoms with Crippen molar-refractivity contribution in [3.8, 4) is 11.4 Å². The van der Waals surface area contributed by atoms with Gasteiger partial charge >= 0.3 is 0 Å². The Morgan fingerprint density at radius 3 is 2.56 bits per heavy atom. The van der Waals surface area contributed by atoms with E-state index in [-0.39, 0.29) is 24.1 Å². The van der Waals surface area contributed by atoms with Crippen LogP contribution in [0.15, 0.2) is 53.7 Å². The summed E-state index contributed by atoms with van der Waals surface area (Å²) >= 11 is 2.54. The minimum atomic E-state index is -0.230. The Kier molecular flexibility index (Phi) is 8.28. The molecule has 36 heavy (non-hydrogen) atoms. The van der Waals surface area contributed by atoms with Crippen molar-refractivity contribution >= 4 is 40.0 Å². The molecule has 2 heterocycles. The van der Waals surface area contributed by atoms with E-state index in [1.54, 1.807) is 6.07 Å². The highest BCUT2D eigenvalue weighted by Gasteiger charge is 2.18. The van der Waals surface area contributed by atoms with Crippen molar-refractivity contribution in [3.63, 3.8) is 0 Å². The Hall–Kier alpha value is -3.77. The monoisotopic (exact) mass is 523 g/mol. The van der Waals surface area contributed by atoms with Crippen LogP contribution in [0.25, 0.3) is 5.69 Å². The molecule has 0 saturated heterocycles. The quantitative estimate of drug-likeness (QED) is 0.301. The second-order valence-corrected chi connectivity index (χ2v) is 9.80. The molecule has 2 aromatic carbocycles. The molecule has 186 valence electrons. The van der Waals surface area contributed by atoms with Crippen molar-refractivity contribution in [1.82, 2.24) is 30.3 Å². The first-order chi connectivity index (χ1) is 17.4. The van der Waals surface area contributed by atoms with E-state index in [1.807, 2.05) is 67.8 Å². The number of carbonyl (C=O) groups excluding carboxylic acids is 2. The molecule has 4 aromatic rings. The minimum absolute atomic E-state index is 0.101. The van der Waals surface area contributed by atoms with E-state index >= 15 is 0 Å². The third kappa shape index (κ3) is 6.46. The van der Waals surface area contributed by atoms with Gasteiger partial charge in [-0.15, -0.1) is 20.4 Å². The van der Waals surface area contributed by atoms with Crippen LogP contribution in [0, 0.1) is 13.8 Å². The maximum atomic E-state index is 12.7. The second kappa shape index (κ2) is 11.8. The van der Waals surface area contributed by atoms with Crippen LogP contribution in [-0.4, -0.2) is 49.1 Å². The first-order valence-electron chi connectivity index (χ1n) is 11.2. The number of hydrogen-bond acceptors (Lipinski definition) is 9. The fourth-order valence-electron chi connectivity index (χ4n) is 3.31. The molecule has 10 nitrogen and oxygen atoms in total. The molecule has 0 bridgehead atoms. The van der Waals surface area contributed by atoms with Crippen molar-refractivity contribution in [3.05, 3.63) is 70.5 Å². The van der Waals surface area contributed by atoms with Gasteiger partial charge in [0.25, 0.3) is 5.91 Å². The van der Waals surface area contributed by atoms with Gasteiger partial charge in [0.2, 0.25) is 11.0 Å². The summed E-state index contributed by atoms with van der Waals surface area (Å²) < 4.78 is 7.37. The Bertz CT molecular complexity index is 1350. The summed E-state index contributed by atoms with van der Waals surface area (Å²) in [6, 6.07) is 14.8. The standard InChI is InChI=1S/C24H25N7O3S2/c1-4-34-19-10-8-18(9-11-19)31-20(13-25-22(33)17-7-5-6-15(2)12-17)28-30-24(31)35-14-21(32)26-23-29-27-16(3)36-23/h5-12H,4,13-14H2,1-3H3,(H,25,33)(H,26,29,32). The number of thioether (sulfide) groups is 1. The Balaban J connectivity index is 1.52. The highest BCUT2D eigenvalue weighted by molar-refractivity contribution is 7.99. The third-order valence-electron chi connectivity index (χ3n) is 4.90. The maximum Gasteiger partial charge on any atom is 0.251 e. The summed E-state index contributed by atoms with van der Waals surface area (Å²) in [4.78, 5) is 25.1. The van der Waals surface area contributed by atoms with Crippen molar-refractivity contribution in [2.75, 3.05) is 17.7 Å². The van der Waals surface area contributed by atoms with E-state index in [0.717, 1.165) is 22.0 Å². The van der Waals surface area contributed by atoms with Crippen molar-refractivity contribution in [2.45, 2.75) is 32.5 Å². The molecule has 0 aliphatic heterocycles. The van der Waals surface area contributed by atoms with Crippen molar-refractivity contribution in [2.24, 2.45) is 0 Å². The van der Waals surface area contributed by atoms with Gasteiger partial charge in [0.1, 0.15) is 10.8 Å². The number of aromatic nitrogens is 5. The summed E-state index contributed by atoms with van der Waals surface area (Å²) in [6.45, 7) is 6.40. The molecule has 0 atom stereocenters. The van der Waals surface area contributed by atoms with E-state index in [2.05, 4.69) is 31.0 Å². The van der Waals surface area contributed by atoms with Crippen LogP contribution in [-0.2, 0) is 11.3 Å². The van der Waals surface area contributed by atoms with E-state index in [0.29, 0.717) is 28.3 Å². The van der Waals surface area contributed by atoms with E-state index in [4.69, 9.17) is 4.74 Å². The van der Waals surface area contributed by atoms with Crippen LogP contribution in [0.1, 0.15) is 33.7 Å². The normalized spacial score (nSPS) is 10.8. The maximum absolute atomic E-state index is 12.7. The summed E-state index contributed by atoms with van der Waals surface area (Å²) in [6.07, 6.45) is 0. The number of benzene rings is 2. The average molecular weight is 524 g/mol. The summed E-state index contributed by atoms with van der Waals surface area (Å²) in [7, 11) is 0. The van der Waals surface area contributed by atoms with E-state index in [9.17, 15) is 9.59 Å². The van der Waals surface area contributed by atoms with Crippen molar-refractivity contribution in [1.29, 1.82) is 0 Å². The molecule has 0 saturated carbocycles. The van der Waals surface area contributed by atoms with Crippen LogP contribution in [0.5, 0.6) is 5.75 Å². The number of carbonyl (C=O) groups is 2. The lowest BCUT2D eigenvalue weighted by atomic mass is 10.1. The number of ether oxygens (including phenoxy) is 1. The highest BCUT2D eigenvalue weighted by atomic mass is 32.2. The van der Waals surface area contributed by atoms with Crippen LogP contribution in [0.3, 0.4) is 0 Å². The van der Waals surface area contributed by atoms with E-state index in [1.165, 1.54) is 23.1 Å². The predicted molar refractivity (Wildman–Crippen MR) is 139 cm³/mol. The zero-order chi connectivity index (χ0) is 25.5. The number of amides is 2. The summed E-state index contributed by atoms with van der Waals surface area (Å²) in [5.74, 6) is 0.934. The van der Waals surface area contributed by atoms with Gasteiger partial charge in [-0.3, -0.25) is 19.5 Å². The van der Waals surface area contributed by atoms with Crippen LogP contribution in [0.4, 0.5) is 5.13 Å². The summed E-state index contributed by atoms with van der Waals surface area (Å²) in [5.41, 5.74) is 2.35. The van der Waals surface area contributed by atoms with Crippen molar-refractivity contribution < 1.29 is 14.3 Å². The molecule has 0 spiro atoms. The zero-order valence-electron chi connectivity index (χ0n) is 20.0. The molecular weight excluding hydrogens is 498 g/mol. The molecule has 2 N–H and O–H groups in total. The van der Waals surface area contributed by atoms with Gasteiger partial charge in [0.05, 0.1) is 18.9 Å². The third-order valence-corrected chi connectivity index (χ3v) is 6.58. The highest BCUT2D eigenvalue weighted by Crippen LogP contribution is 2.24. The molecule has 0 aliphatic carbocycles. The Morgan fingerprint density at radius 1 is 1.06 bits per heavy atom. The van der Waals surface area contributed by atoms with Crippen LogP contribution >= 0.6 is 23.1 Å². The minimum Gasteiger partial charge on any atom is -0.494 e. The topological polar surface area (TPSA) is 124 Å².